The lowest BCUT2D eigenvalue weighted by molar-refractivity contribution is 1.02. The van der Waals surface area contributed by atoms with E-state index in [0.717, 1.165) is 16.8 Å². The highest BCUT2D eigenvalue weighted by Gasteiger charge is 2.24. The molecule has 1 aromatic carbocycles. The molecular weight excluding hydrogens is 256 g/mol. The molecule has 2 aromatic heterocycles. The molecule has 0 amide bonds. The summed E-state index contributed by atoms with van der Waals surface area (Å²) in [6, 6.07) is 12.8. The molecule has 2 nitrogen and oxygen atoms in total. The summed E-state index contributed by atoms with van der Waals surface area (Å²) >= 11 is 0. The zero-order chi connectivity index (χ0) is 14.4. The van der Waals surface area contributed by atoms with E-state index in [0.29, 0.717) is 5.92 Å². The topological polar surface area (TPSA) is 25.8 Å². The van der Waals surface area contributed by atoms with E-state index in [-0.39, 0.29) is 0 Å². The first-order chi connectivity index (χ1) is 10.2. The first kappa shape index (κ1) is 12.5. The summed E-state index contributed by atoms with van der Waals surface area (Å²) in [5.74, 6) is 0.702. The molecular formula is C19H18N2. The highest BCUT2D eigenvalue weighted by atomic mass is 14.7. The number of aryl methyl sites for hydroxylation is 2. The molecule has 21 heavy (non-hydrogen) atoms. The maximum absolute atomic E-state index is 4.86. The van der Waals surface area contributed by atoms with E-state index in [1.165, 1.54) is 35.0 Å². The minimum absolute atomic E-state index is 0.702. The Labute approximate surface area is 124 Å². The molecule has 1 fully saturated rings. The number of benzene rings is 1. The van der Waals surface area contributed by atoms with Crippen molar-refractivity contribution in [3.8, 4) is 11.3 Å². The van der Waals surface area contributed by atoms with Gasteiger partial charge in [-0.15, -0.1) is 0 Å². The summed E-state index contributed by atoms with van der Waals surface area (Å²) in [5.41, 5.74) is 6.98. The Bertz CT molecular complexity index is 815. The molecule has 0 bridgehead atoms. The minimum atomic E-state index is 0.702. The molecule has 1 aliphatic rings. The second-order valence-corrected chi connectivity index (χ2v) is 6.02. The minimum Gasteiger partial charge on any atom is -0.260 e. The number of aromatic nitrogens is 2. The standard InChI is InChI=1S/C19H18N2/c1-12-3-4-15-7-10-18(21-19(15)13(12)2)16-8-9-17(20-11-16)14-5-6-14/h3-4,7-11,14H,5-6H2,1-2H3. The normalized spacial score (nSPS) is 14.6. The molecule has 1 aliphatic carbocycles. The van der Waals surface area contributed by atoms with Gasteiger partial charge in [-0.1, -0.05) is 18.2 Å². The van der Waals surface area contributed by atoms with Crippen LogP contribution < -0.4 is 0 Å². The zero-order valence-corrected chi connectivity index (χ0v) is 12.4. The van der Waals surface area contributed by atoms with Gasteiger partial charge in [0, 0.05) is 28.8 Å². The number of fused-ring (bicyclic) bond motifs is 1. The van der Waals surface area contributed by atoms with E-state index in [1.807, 2.05) is 6.20 Å². The van der Waals surface area contributed by atoms with Crippen molar-refractivity contribution in [1.82, 2.24) is 9.97 Å². The van der Waals surface area contributed by atoms with E-state index in [4.69, 9.17) is 4.98 Å². The van der Waals surface area contributed by atoms with Crippen LogP contribution in [0.3, 0.4) is 0 Å². The van der Waals surface area contributed by atoms with Crippen molar-refractivity contribution in [3.63, 3.8) is 0 Å². The maximum Gasteiger partial charge on any atom is 0.0741 e. The Morgan fingerprint density at radius 2 is 1.76 bits per heavy atom. The second-order valence-electron chi connectivity index (χ2n) is 6.02. The van der Waals surface area contributed by atoms with Crippen LogP contribution in [-0.2, 0) is 0 Å². The third-order valence-corrected chi connectivity index (χ3v) is 4.46. The molecule has 0 N–H and O–H groups in total. The van der Waals surface area contributed by atoms with E-state index < -0.39 is 0 Å². The van der Waals surface area contributed by atoms with Gasteiger partial charge in [0.25, 0.3) is 0 Å². The molecule has 3 aromatic rings. The Balaban J connectivity index is 1.80. The van der Waals surface area contributed by atoms with Gasteiger partial charge in [0.15, 0.2) is 0 Å². The predicted molar refractivity (Wildman–Crippen MR) is 86.4 cm³/mol. The Morgan fingerprint density at radius 1 is 0.952 bits per heavy atom. The van der Waals surface area contributed by atoms with Crippen LogP contribution in [0.2, 0.25) is 0 Å². The maximum atomic E-state index is 4.86. The Kier molecular flexibility index (Phi) is 2.78. The summed E-state index contributed by atoms with van der Waals surface area (Å²) in [6.07, 6.45) is 4.55. The van der Waals surface area contributed by atoms with E-state index in [2.05, 4.69) is 55.2 Å². The third kappa shape index (κ3) is 2.21. The van der Waals surface area contributed by atoms with Gasteiger partial charge >= 0.3 is 0 Å². The number of nitrogens with zero attached hydrogens (tertiary/aromatic N) is 2. The molecule has 0 unspecified atom stereocenters. The van der Waals surface area contributed by atoms with Gasteiger partial charge in [0.05, 0.1) is 11.2 Å². The van der Waals surface area contributed by atoms with Crippen LogP contribution in [0.25, 0.3) is 22.2 Å². The predicted octanol–water partition coefficient (Wildman–Crippen LogP) is 4.79. The van der Waals surface area contributed by atoms with Crippen LogP contribution in [0.4, 0.5) is 0 Å². The second kappa shape index (κ2) is 4.66. The van der Waals surface area contributed by atoms with Crippen molar-refractivity contribution in [2.75, 3.05) is 0 Å². The molecule has 1 saturated carbocycles. The van der Waals surface area contributed by atoms with Crippen LogP contribution in [0, 0.1) is 13.8 Å². The van der Waals surface area contributed by atoms with Gasteiger partial charge in [0.1, 0.15) is 0 Å². The van der Waals surface area contributed by atoms with Gasteiger partial charge < -0.3 is 0 Å². The van der Waals surface area contributed by atoms with Gasteiger partial charge in [-0.05, 0) is 56.0 Å². The number of hydrogen-bond donors (Lipinski definition) is 0. The van der Waals surface area contributed by atoms with Gasteiger partial charge in [-0.3, -0.25) is 4.98 Å². The van der Waals surface area contributed by atoms with Gasteiger partial charge in [-0.25, -0.2) is 4.98 Å². The van der Waals surface area contributed by atoms with E-state index >= 15 is 0 Å². The molecule has 0 atom stereocenters. The van der Waals surface area contributed by atoms with Crippen LogP contribution >= 0.6 is 0 Å². The van der Waals surface area contributed by atoms with Gasteiger partial charge in [-0.2, -0.15) is 0 Å². The highest BCUT2D eigenvalue weighted by molar-refractivity contribution is 5.85. The molecule has 0 saturated heterocycles. The molecule has 0 radical (unpaired) electrons. The zero-order valence-electron chi connectivity index (χ0n) is 12.4. The monoisotopic (exact) mass is 274 g/mol. The molecule has 2 heterocycles. The summed E-state index contributed by atoms with van der Waals surface area (Å²) in [6.45, 7) is 4.28. The van der Waals surface area contributed by atoms with Crippen LogP contribution in [0.1, 0.15) is 35.6 Å². The van der Waals surface area contributed by atoms with Crippen molar-refractivity contribution in [3.05, 3.63) is 59.4 Å². The Hall–Kier alpha value is -2.22. The summed E-state index contributed by atoms with van der Waals surface area (Å²) in [4.78, 5) is 9.45. The average Bonchev–Trinajstić information content (AvgIpc) is 3.36. The number of hydrogen-bond acceptors (Lipinski definition) is 2. The molecule has 104 valence electrons. The SMILES string of the molecule is Cc1ccc2ccc(-c3ccc(C4CC4)nc3)nc2c1C. The van der Waals surface area contributed by atoms with Crippen molar-refractivity contribution in [2.24, 2.45) is 0 Å². The highest BCUT2D eigenvalue weighted by Crippen LogP contribution is 2.39. The largest absolute Gasteiger partial charge is 0.260 e. The van der Waals surface area contributed by atoms with Crippen LogP contribution in [-0.4, -0.2) is 9.97 Å². The Morgan fingerprint density at radius 3 is 2.48 bits per heavy atom. The smallest absolute Gasteiger partial charge is 0.0741 e. The van der Waals surface area contributed by atoms with Crippen LogP contribution in [0.15, 0.2) is 42.6 Å². The van der Waals surface area contributed by atoms with Crippen LogP contribution in [0.5, 0.6) is 0 Å². The number of pyridine rings is 2. The van der Waals surface area contributed by atoms with E-state index in [9.17, 15) is 0 Å². The number of rotatable bonds is 2. The molecule has 0 spiro atoms. The quantitative estimate of drug-likeness (QED) is 0.671. The van der Waals surface area contributed by atoms with Crippen molar-refractivity contribution in [1.29, 1.82) is 0 Å². The van der Waals surface area contributed by atoms with Gasteiger partial charge in [0.2, 0.25) is 0 Å². The molecule has 0 aliphatic heterocycles. The lowest BCUT2D eigenvalue weighted by Gasteiger charge is -2.08. The molecule has 2 heteroatoms. The molecule has 4 rings (SSSR count). The summed E-state index contributed by atoms with van der Waals surface area (Å²) in [5, 5.41) is 1.20. The first-order valence-electron chi connectivity index (χ1n) is 7.55. The lowest BCUT2D eigenvalue weighted by atomic mass is 10.0. The fourth-order valence-corrected chi connectivity index (χ4v) is 2.77. The lowest BCUT2D eigenvalue weighted by Crippen LogP contribution is -1.92. The fourth-order valence-electron chi connectivity index (χ4n) is 2.77. The average molecular weight is 274 g/mol. The summed E-state index contributed by atoms with van der Waals surface area (Å²) < 4.78 is 0. The van der Waals surface area contributed by atoms with E-state index in [1.54, 1.807) is 0 Å². The van der Waals surface area contributed by atoms with Crippen molar-refractivity contribution >= 4 is 10.9 Å². The van der Waals surface area contributed by atoms with Crippen molar-refractivity contribution < 1.29 is 0 Å². The van der Waals surface area contributed by atoms with Crippen molar-refractivity contribution in [2.45, 2.75) is 32.6 Å². The third-order valence-electron chi connectivity index (χ3n) is 4.46. The summed E-state index contributed by atoms with van der Waals surface area (Å²) in [7, 11) is 0. The first-order valence-corrected chi connectivity index (χ1v) is 7.55. The fraction of sp³-hybridized carbons (Fsp3) is 0.263.